The van der Waals surface area contributed by atoms with Crippen molar-refractivity contribution >= 4 is 5.91 Å². The molecule has 0 spiro atoms. The van der Waals surface area contributed by atoms with E-state index in [2.05, 4.69) is 10.2 Å². The molecule has 3 N–H and O–H groups in total. The van der Waals surface area contributed by atoms with Crippen LogP contribution in [-0.4, -0.2) is 55.7 Å². The van der Waals surface area contributed by atoms with E-state index in [1.807, 2.05) is 0 Å². The van der Waals surface area contributed by atoms with Crippen LogP contribution in [0.1, 0.15) is 32.1 Å². The molecule has 0 bridgehead atoms. The first-order valence-electron chi connectivity index (χ1n) is 7.02. The summed E-state index contributed by atoms with van der Waals surface area (Å²) in [6, 6.07) is 0.288. The third-order valence-corrected chi connectivity index (χ3v) is 4.23. The molecule has 5 nitrogen and oxygen atoms in total. The molecule has 2 aliphatic rings. The Hall–Kier alpha value is -0.650. The van der Waals surface area contributed by atoms with E-state index in [0.29, 0.717) is 12.6 Å². The van der Waals surface area contributed by atoms with Gasteiger partial charge in [-0.05, 0) is 32.1 Å². The van der Waals surface area contributed by atoms with Gasteiger partial charge in [0.15, 0.2) is 0 Å². The molecule has 0 aromatic heterocycles. The molecule has 3 unspecified atom stereocenters. The van der Waals surface area contributed by atoms with E-state index in [9.17, 15) is 4.79 Å². The Morgan fingerprint density at radius 3 is 3.00 bits per heavy atom. The van der Waals surface area contributed by atoms with Gasteiger partial charge in [-0.1, -0.05) is 0 Å². The van der Waals surface area contributed by atoms with Gasteiger partial charge in [0.05, 0.1) is 12.1 Å². The van der Waals surface area contributed by atoms with E-state index in [4.69, 9.17) is 10.5 Å². The topological polar surface area (TPSA) is 67.6 Å². The predicted molar refractivity (Wildman–Crippen MR) is 70.2 cm³/mol. The molecule has 2 saturated heterocycles. The summed E-state index contributed by atoms with van der Waals surface area (Å²) in [5.74, 6) is 0.182. The molecule has 2 heterocycles. The van der Waals surface area contributed by atoms with Crippen LogP contribution in [0, 0.1) is 0 Å². The molecule has 0 saturated carbocycles. The number of carbonyl (C=O) groups is 1. The summed E-state index contributed by atoms with van der Waals surface area (Å²) in [6.07, 6.45) is 5.39. The van der Waals surface area contributed by atoms with Crippen LogP contribution in [0.4, 0.5) is 0 Å². The highest BCUT2D eigenvalue weighted by Gasteiger charge is 2.35. The van der Waals surface area contributed by atoms with Crippen LogP contribution in [-0.2, 0) is 9.53 Å². The van der Waals surface area contributed by atoms with E-state index < -0.39 is 0 Å². The molecule has 18 heavy (non-hydrogen) atoms. The lowest BCUT2D eigenvalue weighted by Crippen LogP contribution is -2.56. The number of rotatable bonds is 3. The van der Waals surface area contributed by atoms with E-state index in [0.717, 1.165) is 45.2 Å². The minimum absolute atomic E-state index is 0.0128. The number of nitrogens with two attached hydrogens (primary N) is 1. The van der Waals surface area contributed by atoms with Gasteiger partial charge in [-0.2, -0.15) is 0 Å². The normalized spacial score (nSPS) is 35.0. The van der Waals surface area contributed by atoms with Gasteiger partial charge in [-0.15, -0.1) is 0 Å². The van der Waals surface area contributed by atoms with E-state index in [1.165, 1.54) is 0 Å². The first kappa shape index (κ1) is 13.8. The second-order valence-corrected chi connectivity index (χ2v) is 5.31. The Morgan fingerprint density at radius 1 is 1.44 bits per heavy atom. The second kappa shape index (κ2) is 6.50. The van der Waals surface area contributed by atoms with Crippen LogP contribution >= 0.6 is 0 Å². The fourth-order valence-corrected chi connectivity index (χ4v) is 3.13. The van der Waals surface area contributed by atoms with E-state index in [-0.39, 0.29) is 18.0 Å². The lowest BCUT2D eigenvalue weighted by Gasteiger charge is -2.42. The Morgan fingerprint density at radius 2 is 2.28 bits per heavy atom. The van der Waals surface area contributed by atoms with Gasteiger partial charge in [-0.3, -0.25) is 9.69 Å². The predicted octanol–water partition coefficient (Wildman–Crippen LogP) is 0.0932. The molecule has 2 fully saturated rings. The number of nitrogens with one attached hydrogen (secondary N) is 1. The number of piperidine rings is 1. The smallest absolute Gasteiger partial charge is 0.237 e. The molecular weight excluding hydrogens is 230 g/mol. The van der Waals surface area contributed by atoms with Crippen molar-refractivity contribution in [3.63, 3.8) is 0 Å². The summed E-state index contributed by atoms with van der Waals surface area (Å²) in [5.41, 5.74) is 5.87. The molecule has 2 aliphatic heterocycles. The summed E-state index contributed by atoms with van der Waals surface area (Å²) in [5, 5.41) is 3.01. The van der Waals surface area contributed by atoms with Crippen molar-refractivity contribution < 1.29 is 9.53 Å². The lowest BCUT2D eigenvalue weighted by molar-refractivity contribution is -0.128. The fourth-order valence-electron chi connectivity index (χ4n) is 3.13. The quantitative estimate of drug-likeness (QED) is 0.750. The molecule has 5 heteroatoms. The van der Waals surface area contributed by atoms with E-state index in [1.54, 1.807) is 7.11 Å². The number of carbonyl (C=O) groups excluding carboxylic acids is 1. The molecule has 3 atom stereocenters. The van der Waals surface area contributed by atoms with Gasteiger partial charge in [0.1, 0.15) is 0 Å². The zero-order chi connectivity index (χ0) is 13.0. The monoisotopic (exact) mass is 255 g/mol. The molecule has 1 amide bonds. The lowest BCUT2D eigenvalue weighted by atomic mass is 9.95. The fraction of sp³-hybridized carbons (Fsp3) is 0.923. The number of hydrogen-bond acceptors (Lipinski definition) is 4. The maximum absolute atomic E-state index is 12.1. The second-order valence-electron chi connectivity index (χ2n) is 5.31. The van der Waals surface area contributed by atoms with Crippen LogP contribution in [0.2, 0.25) is 0 Å². The average molecular weight is 255 g/mol. The van der Waals surface area contributed by atoms with Crippen molar-refractivity contribution in [2.24, 2.45) is 5.73 Å². The Kier molecular flexibility index (Phi) is 4.97. The Balaban J connectivity index is 2.03. The van der Waals surface area contributed by atoms with Crippen molar-refractivity contribution in [1.82, 2.24) is 10.2 Å². The number of amides is 1. The maximum Gasteiger partial charge on any atom is 0.237 e. The zero-order valence-corrected chi connectivity index (χ0v) is 11.2. The van der Waals surface area contributed by atoms with Gasteiger partial charge in [0.25, 0.3) is 0 Å². The van der Waals surface area contributed by atoms with Crippen LogP contribution in [0.5, 0.6) is 0 Å². The summed E-state index contributed by atoms with van der Waals surface area (Å²) in [4.78, 5) is 14.4. The highest BCUT2D eigenvalue weighted by molar-refractivity contribution is 5.82. The summed E-state index contributed by atoms with van der Waals surface area (Å²) in [6.45, 7) is 2.33. The summed E-state index contributed by atoms with van der Waals surface area (Å²) in [7, 11) is 1.76. The van der Waals surface area contributed by atoms with Gasteiger partial charge < -0.3 is 15.8 Å². The van der Waals surface area contributed by atoms with Crippen LogP contribution < -0.4 is 11.1 Å². The van der Waals surface area contributed by atoms with Crippen LogP contribution in [0.25, 0.3) is 0 Å². The number of ether oxygens (including phenoxy) is 1. The molecular formula is C13H25N3O2. The van der Waals surface area contributed by atoms with Crippen LogP contribution in [0.15, 0.2) is 0 Å². The third-order valence-electron chi connectivity index (χ3n) is 4.23. The SMILES string of the molecule is COC1CCN(C2CCCCNC2=O)C(CN)C1. The van der Waals surface area contributed by atoms with Gasteiger partial charge in [-0.25, -0.2) is 0 Å². The minimum atomic E-state index is 0.0128. The average Bonchev–Trinajstić information content (AvgIpc) is 2.62. The minimum Gasteiger partial charge on any atom is -0.381 e. The summed E-state index contributed by atoms with van der Waals surface area (Å²) < 4.78 is 5.43. The molecule has 104 valence electrons. The van der Waals surface area contributed by atoms with E-state index >= 15 is 0 Å². The third kappa shape index (κ3) is 3.02. The first-order valence-corrected chi connectivity index (χ1v) is 7.02. The molecule has 0 aliphatic carbocycles. The first-order chi connectivity index (χ1) is 8.76. The van der Waals surface area contributed by atoms with Crippen molar-refractivity contribution in [1.29, 1.82) is 0 Å². The number of nitrogens with zero attached hydrogens (tertiary/aromatic N) is 1. The molecule has 2 rings (SSSR count). The Bertz CT molecular complexity index is 285. The zero-order valence-electron chi connectivity index (χ0n) is 11.2. The van der Waals surface area contributed by atoms with Crippen molar-refractivity contribution in [3.8, 4) is 0 Å². The number of methoxy groups -OCH3 is 1. The summed E-state index contributed by atoms with van der Waals surface area (Å²) >= 11 is 0. The van der Waals surface area contributed by atoms with Crippen molar-refractivity contribution in [2.75, 3.05) is 26.7 Å². The number of hydrogen-bond donors (Lipinski definition) is 2. The van der Waals surface area contributed by atoms with Crippen LogP contribution in [0.3, 0.4) is 0 Å². The number of likely N-dealkylation sites (tertiary alicyclic amines) is 1. The van der Waals surface area contributed by atoms with Gasteiger partial charge in [0.2, 0.25) is 5.91 Å². The molecule has 0 aromatic rings. The van der Waals surface area contributed by atoms with Gasteiger partial charge in [0, 0.05) is 32.8 Å². The standard InChI is InChI=1S/C13H25N3O2/c1-18-11-5-7-16(10(8-11)9-14)12-4-2-3-6-15-13(12)17/h10-12H,2-9,14H2,1H3,(H,15,17). The Labute approximate surface area is 109 Å². The largest absolute Gasteiger partial charge is 0.381 e. The van der Waals surface area contributed by atoms with Gasteiger partial charge >= 0.3 is 0 Å². The highest BCUT2D eigenvalue weighted by Crippen LogP contribution is 2.24. The molecule has 0 radical (unpaired) electrons. The van der Waals surface area contributed by atoms with Crippen molar-refractivity contribution in [3.05, 3.63) is 0 Å². The highest BCUT2D eigenvalue weighted by atomic mass is 16.5. The maximum atomic E-state index is 12.1. The van der Waals surface area contributed by atoms with Crippen molar-refractivity contribution in [2.45, 2.75) is 50.3 Å². The molecule has 0 aromatic carbocycles.